The Bertz CT molecular complexity index is 788. The second-order valence-electron chi connectivity index (χ2n) is 6.66. The van der Waals surface area contributed by atoms with Gasteiger partial charge in [-0.3, -0.25) is 9.69 Å². The third-order valence-electron chi connectivity index (χ3n) is 4.92. The summed E-state index contributed by atoms with van der Waals surface area (Å²) in [4.78, 5) is 26.1. The van der Waals surface area contributed by atoms with E-state index in [9.17, 15) is 9.59 Å². The number of aryl methyl sites for hydroxylation is 1. The maximum Gasteiger partial charge on any atom is 0.325 e. The summed E-state index contributed by atoms with van der Waals surface area (Å²) in [5, 5.41) is 6.92. The van der Waals surface area contributed by atoms with Crippen molar-refractivity contribution in [2.75, 3.05) is 0 Å². The summed E-state index contributed by atoms with van der Waals surface area (Å²) in [5.74, 6) is 0.363. The molecule has 1 N–H and O–H groups in total. The highest BCUT2D eigenvalue weighted by Gasteiger charge is 2.52. The Balaban J connectivity index is 1.53. The summed E-state index contributed by atoms with van der Waals surface area (Å²) in [6.45, 7) is 2.14. The first-order chi connectivity index (χ1) is 11.6. The van der Waals surface area contributed by atoms with E-state index in [4.69, 9.17) is 4.52 Å². The number of carbonyl (C=O) groups is 2. The summed E-state index contributed by atoms with van der Waals surface area (Å²) in [6.07, 6.45) is 3.39. The molecule has 1 aliphatic carbocycles. The number of urea groups is 1. The van der Waals surface area contributed by atoms with Crippen LogP contribution in [0, 0.1) is 6.92 Å². The monoisotopic (exact) mass is 325 g/mol. The molecule has 1 aliphatic heterocycles. The van der Waals surface area contributed by atoms with E-state index in [1.165, 1.54) is 10.5 Å². The van der Waals surface area contributed by atoms with E-state index in [-0.39, 0.29) is 18.5 Å². The van der Waals surface area contributed by atoms with Gasteiger partial charge in [-0.2, -0.15) is 0 Å². The van der Waals surface area contributed by atoms with Gasteiger partial charge in [0.05, 0.1) is 6.54 Å². The molecule has 1 aromatic heterocycles. The van der Waals surface area contributed by atoms with Crippen molar-refractivity contribution in [1.82, 2.24) is 15.4 Å². The van der Waals surface area contributed by atoms with Crippen LogP contribution in [-0.2, 0) is 11.3 Å². The van der Waals surface area contributed by atoms with Crippen molar-refractivity contribution < 1.29 is 14.1 Å². The molecule has 0 bridgehead atoms. The largest absolute Gasteiger partial charge is 0.359 e. The molecule has 1 saturated carbocycles. The number of rotatable bonds is 3. The summed E-state index contributed by atoms with van der Waals surface area (Å²) >= 11 is 0. The van der Waals surface area contributed by atoms with Gasteiger partial charge in [0.1, 0.15) is 11.2 Å². The maximum absolute atomic E-state index is 12.6. The molecule has 4 rings (SSSR count). The number of imide groups is 1. The Morgan fingerprint density at radius 1 is 1.21 bits per heavy atom. The number of carbonyl (C=O) groups excluding carboxylic acids is 2. The highest BCUT2D eigenvalue weighted by Crippen LogP contribution is 2.35. The number of amides is 3. The molecule has 2 aliphatic rings. The SMILES string of the molecule is Cc1ccc(-c2cc(CN3C(=O)NC4(CCCC4)C3=O)on2)cc1. The second kappa shape index (κ2) is 5.47. The molecular formula is C18H19N3O3. The Kier molecular flexibility index (Phi) is 3.40. The Hall–Kier alpha value is -2.63. The molecule has 1 aromatic carbocycles. The van der Waals surface area contributed by atoms with E-state index in [2.05, 4.69) is 10.5 Å². The Morgan fingerprint density at radius 2 is 1.92 bits per heavy atom. The molecule has 6 heteroatoms. The summed E-state index contributed by atoms with van der Waals surface area (Å²) in [5.41, 5.74) is 2.13. The van der Waals surface area contributed by atoms with E-state index < -0.39 is 5.54 Å². The molecule has 0 atom stereocenters. The molecule has 24 heavy (non-hydrogen) atoms. The minimum Gasteiger partial charge on any atom is -0.359 e. The van der Waals surface area contributed by atoms with Crippen molar-refractivity contribution in [3.05, 3.63) is 41.7 Å². The van der Waals surface area contributed by atoms with Gasteiger partial charge < -0.3 is 9.84 Å². The van der Waals surface area contributed by atoms with Gasteiger partial charge in [0.15, 0.2) is 5.76 Å². The van der Waals surface area contributed by atoms with Gasteiger partial charge >= 0.3 is 6.03 Å². The van der Waals surface area contributed by atoms with Gasteiger partial charge in [0.2, 0.25) is 0 Å². The van der Waals surface area contributed by atoms with Crippen molar-refractivity contribution in [2.24, 2.45) is 0 Å². The molecule has 1 spiro atoms. The average molecular weight is 325 g/mol. The summed E-state index contributed by atoms with van der Waals surface area (Å²) in [7, 11) is 0. The highest BCUT2D eigenvalue weighted by atomic mass is 16.5. The van der Waals surface area contributed by atoms with Crippen molar-refractivity contribution in [1.29, 1.82) is 0 Å². The van der Waals surface area contributed by atoms with Gasteiger partial charge in [0.25, 0.3) is 5.91 Å². The van der Waals surface area contributed by atoms with Crippen molar-refractivity contribution in [3.63, 3.8) is 0 Å². The lowest BCUT2D eigenvalue weighted by atomic mass is 9.98. The lowest BCUT2D eigenvalue weighted by Crippen LogP contribution is -2.44. The van der Waals surface area contributed by atoms with Crippen LogP contribution in [0.4, 0.5) is 4.79 Å². The first-order valence-electron chi connectivity index (χ1n) is 8.24. The second-order valence-corrected chi connectivity index (χ2v) is 6.66. The van der Waals surface area contributed by atoms with Crippen LogP contribution in [0.5, 0.6) is 0 Å². The zero-order valence-corrected chi connectivity index (χ0v) is 13.5. The van der Waals surface area contributed by atoms with Crippen molar-refractivity contribution >= 4 is 11.9 Å². The Morgan fingerprint density at radius 3 is 2.62 bits per heavy atom. The zero-order valence-electron chi connectivity index (χ0n) is 13.5. The van der Waals surface area contributed by atoms with Crippen LogP contribution in [0.2, 0.25) is 0 Å². The van der Waals surface area contributed by atoms with Gasteiger partial charge in [0, 0.05) is 11.6 Å². The number of nitrogens with zero attached hydrogens (tertiary/aromatic N) is 2. The van der Waals surface area contributed by atoms with Crippen LogP contribution in [0.1, 0.15) is 37.0 Å². The van der Waals surface area contributed by atoms with Crippen LogP contribution in [0.25, 0.3) is 11.3 Å². The van der Waals surface area contributed by atoms with E-state index in [0.717, 1.165) is 31.2 Å². The summed E-state index contributed by atoms with van der Waals surface area (Å²) < 4.78 is 5.34. The van der Waals surface area contributed by atoms with Crippen LogP contribution < -0.4 is 5.32 Å². The molecule has 1 saturated heterocycles. The molecular weight excluding hydrogens is 306 g/mol. The minimum absolute atomic E-state index is 0.116. The molecule has 2 fully saturated rings. The maximum atomic E-state index is 12.6. The van der Waals surface area contributed by atoms with Crippen LogP contribution in [-0.4, -0.2) is 27.5 Å². The Labute approximate surface area is 139 Å². The minimum atomic E-state index is -0.684. The van der Waals surface area contributed by atoms with E-state index in [0.29, 0.717) is 11.5 Å². The molecule has 3 amide bonds. The molecule has 2 aromatic rings. The topological polar surface area (TPSA) is 75.4 Å². The lowest BCUT2D eigenvalue weighted by Gasteiger charge is -2.19. The van der Waals surface area contributed by atoms with E-state index >= 15 is 0 Å². The van der Waals surface area contributed by atoms with Gasteiger partial charge in [-0.05, 0) is 19.8 Å². The third kappa shape index (κ3) is 2.38. The average Bonchev–Trinajstić information content (AvgIpc) is 3.27. The first-order valence-corrected chi connectivity index (χ1v) is 8.24. The van der Waals surface area contributed by atoms with Crippen LogP contribution in [0.3, 0.4) is 0 Å². The van der Waals surface area contributed by atoms with Crippen LogP contribution in [0.15, 0.2) is 34.9 Å². The number of hydrogen-bond acceptors (Lipinski definition) is 4. The van der Waals surface area contributed by atoms with Gasteiger partial charge in [-0.25, -0.2) is 4.79 Å². The van der Waals surface area contributed by atoms with Gasteiger partial charge in [-0.15, -0.1) is 0 Å². The predicted octanol–water partition coefficient (Wildman–Crippen LogP) is 3.01. The quantitative estimate of drug-likeness (QED) is 0.880. The number of benzene rings is 1. The first kappa shape index (κ1) is 14.9. The standard InChI is InChI=1S/C18H19N3O3/c1-12-4-6-13(7-5-12)15-10-14(24-20-15)11-21-16(22)18(19-17(21)23)8-2-3-9-18/h4-7,10H,2-3,8-9,11H2,1H3,(H,19,23). The summed E-state index contributed by atoms with van der Waals surface area (Å²) in [6, 6.07) is 9.40. The predicted molar refractivity (Wildman–Crippen MR) is 87.0 cm³/mol. The molecule has 0 unspecified atom stereocenters. The van der Waals surface area contributed by atoms with E-state index in [1.807, 2.05) is 31.2 Å². The lowest BCUT2D eigenvalue weighted by molar-refractivity contribution is -0.131. The fourth-order valence-corrected chi connectivity index (χ4v) is 3.54. The van der Waals surface area contributed by atoms with E-state index in [1.54, 1.807) is 6.07 Å². The molecule has 124 valence electrons. The number of hydrogen-bond donors (Lipinski definition) is 1. The van der Waals surface area contributed by atoms with Crippen molar-refractivity contribution in [3.8, 4) is 11.3 Å². The zero-order chi connectivity index (χ0) is 16.7. The fourth-order valence-electron chi connectivity index (χ4n) is 3.54. The molecule has 2 heterocycles. The van der Waals surface area contributed by atoms with Gasteiger partial charge in [-0.1, -0.05) is 47.8 Å². The molecule has 0 radical (unpaired) electrons. The normalized spacial score (nSPS) is 19.3. The number of nitrogens with one attached hydrogen (secondary N) is 1. The third-order valence-corrected chi connectivity index (χ3v) is 4.92. The van der Waals surface area contributed by atoms with Crippen LogP contribution >= 0.6 is 0 Å². The highest BCUT2D eigenvalue weighted by molar-refractivity contribution is 6.07. The number of aromatic nitrogens is 1. The smallest absolute Gasteiger partial charge is 0.325 e. The fraction of sp³-hybridized carbons (Fsp3) is 0.389. The molecule has 6 nitrogen and oxygen atoms in total. The van der Waals surface area contributed by atoms with Crippen molar-refractivity contribution in [2.45, 2.75) is 44.7 Å².